The third-order valence-corrected chi connectivity index (χ3v) is 8.07. The van der Waals surface area contributed by atoms with E-state index in [4.69, 9.17) is 19.3 Å². The zero-order chi connectivity index (χ0) is 26.7. The van der Waals surface area contributed by atoms with Crippen LogP contribution in [0.15, 0.2) is 6.20 Å². The Balaban J connectivity index is 1.33. The second-order valence-electron chi connectivity index (χ2n) is 13.3. The van der Waals surface area contributed by atoms with Gasteiger partial charge in [0.25, 0.3) is 0 Å². The number of hydrogen-bond acceptors (Lipinski definition) is 6. The van der Waals surface area contributed by atoms with E-state index in [1.165, 1.54) is 24.1 Å². The lowest BCUT2D eigenvalue weighted by Crippen LogP contribution is -2.38. The molecular formula is C29H50N4O4. The molecule has 1 N–H and O–H groups in total. The molecule has 2 saturated heterocycles. The fourth-order valence-electron chi connectivity index (χ4n) is 6.17. The van der Waals surface area contributed by atoms with Crippen molar-refractivity contribution in [3.05, 3.63) is 17.5 Å². The molecule has 1 unspecified atom stereocenters. The Morgan fingerprint density at radius 1 is 1.22 bits per heavy atom. The van der Waals surface area contributed by atoms with Crippen molar-refractivity contribution in [1.29, 1.82) is 0 Å². The summed E-state index contributed by atoms with van der Waals surface area (Å²) in [4.78, 5) is 13.8. The summed E-state index contributed by atoms with van der Waals surface area (Å²) < 4.78 is 20.0. The SMILES string of the molecule is CN(CCNCCc1nn(C2CCCCO2)cc1C1CCC2(CC1)CC(C)(C)CO2)C(=O)OC(C)(C)C. The van der Waals surface area contributed by atoms with Crippen LogP contribution in [0.5, 0.6) is 0 Å². The normalized spacial score (nSPS) is 27.9. The number of amides is 1. The van der Waals surface area contributed by atoms with Crippen LogP contribution in [-0.2, 0) is 20.6 Å². The van der Waals surface area contributed by atoms with Crippen LogP contribution in [0.3, 0.4) is 0 Å². The summed E-state index contributed by atoms with van der Waals surface area (Å²) >= 11 is 0. The highest BCUT2D eigenvalue weighted by atomic mass is 16.6. The summed E-state index contributed by atoms with van der Waals surface area (Å²) in [5, 5.41) is 8.56. The van der Waals surface area contributed by atoms with E-state index in [1.54, 1.807) is 11.9 Å². The molecule has 3 heterocycles. The molecule has 3 aliphatic rings. The first-order valence-electron chi connectivity index (χ1n) is 14.4. The third kappa shape index (κ3) is 7.70. The largest absolute Gasteiger partial charge is 0.444 e. The molecule has 0 aromatic carbocycles. The molecule has 1 aromatic rings. The van der Waals surface area contributed by atoms with E-state index >= 15 is 0 Å². The number of carbonyl (C=O) groups excluding carboxylic acids is 1. The molecule has 210 valence electrons. The van der Waals surface area contributed by atoms with Crippen molar-refractivity contribution in [1.82, 2.24) is 20.0 Å². The smallest absolute Gasteiger partial charge is 0.410 e. The van der Waals surface area contributed by atoms with Crippen LogP contribution in [0.2, 0.25) is 0 Å². The first-order valence-corrected chi connectivity index (χ1v) is 14.4. The Labute approximate surface area is 223 Å². The van der Waals surface area contributed by atoms with Crippen molar-refractivity contribution >= 4 is 6.09 Å². The van der Waals surface area contributed by atoms with Crippen molar-refractivity contribution in [3.63, 3.8) is 0 Å². The lowest BCUT2D eigenvalue weighted by molar-refractivity contribution is -0.0399. The van der Waals surface area contributed by atoms with E-state index in [2.05, 4.69) is 30.0 Å². The fourth-order valence-corrected chi connectivity index (χ4v) is 6.17. The van der Waals surface area contributed by atoms with E-state index in [0.717, 1.165) is 71.2 Å². The molecule has 1 spiro atoms. The Hall–Kier alpha value is -1.64. The van der Waals surface area contributed by atoms with Gasteiger partial charge in [0.1, 0.15) is 11.8 Å². The van der Waals surface area contributed by atoms with E-state index < -0.39 is 5.60 Å². The number of aromatic nitrogens is 2. The predicted molar refractivity (Wildman–Crippen MR) is 145 cm³/mol. The molecule has 8 heteroatoms. The molecular weight excluding hydrogens is 468 g/mol. The van der Waals surface area contributed by atoms with Gasteiger partial charge >= 0.3 is 6.09 Å². The number of hydrogen-bond donors (Lipinski definition) is 1. The predicted octanol–water partition coefficient (Wildman–Crippen LogP) is 5.42. The van der Waals surface area contributed by atoms with Crippen LogP contribution >= 0.6 is 0 Å². The summed E-state index contributed by atoms with van der Waals surface area (Å²) in [7, 11) is 1.78. The Morgan fingerprint density at radius 2 is 1.97 bits per heavy atom. The van der Waals surface area contributed by atoms with Gasteiger partial charge in [-0.25, -0.2) is 9.48 Å². The second-order valence-corrected chi connectivity index (χ2v) is 13.3. The number of ether oxygens (including phenoxy) is 3. The maximum absolute atomic E-state index is 12.2. The molecule has 0 bridgehead atoms. The third-order valence-electron chi connectivity index (χ3n) is 8.07. The van der Waals surface area contributed by atoms with Crippen molar-refractivity contribution in [2.24, 2.45) is 5.41 Å². The Morgan fingerprint density at radius 3 is 2.59 bits per heavy atom. The van der Waals surface area contributed by atoms with Crippen LogP contribution in [0, 0.1) is 5.41 Å². The molecule has 2 aliphatic heterocycles. The molecule has 1 amide bonds. The summed E-state index contributed by atoms with van der Waals surface area (Å²) in [6.07, 6.45) is 12.1. The molecule has 3 fully saturated rings. The average Bonchev–Trinajstić information content (AvgIpc) is 3.39. The zero-order valence-electron chi connectivity index (χ0n) is 24.1. The highest BCUT2D eigenvalue weighted by molar-refractivity contribution is 5.67. The maximum atomic E-state index is 12.2. The zero-order valence-corrected chi connectivity index (χ0v) is 24.1. The van der Waals surface area contributed by atoms with Crippen LogP contribution < -0.4 is 5.32 Å². The summed E-state index contributed by atoms with van der Waals surface area (Å²) in [6, 6.07) is 0. The minimum Gasteiger partial charge on any atom is -0.444 e. The van der Waals surface area contributed by atoms with Crippen molar-refractivity contribution in [3.8, 4) is 0 Å². The molecule has 4 rings (SSSR count). The van der Waals surface area contributed by atoms with Gasteiger partial charge in [-0.3, -0.25) is 0 Å². The summed E-state index contributed by atoms with van der Waals surface area (Å²) in [6.45, 7) is 14.2. The van der Waals surface area contributed by atoms with Gasteiger partial charge in [0.15, 0.2) is 0 Å². The number of carbonyl (C=O) groups is 1. The van der Waals surface area contributed by atoms with Gasteiger partial charge in [0, 0.05) is 45.9 Å². The minimum atomic E-state index is -0.477. The monoisotopic (exact) mass is 518 g/mol. The number of likely N-dealkylation sites (N-methyl/N-ethyl adjacent to an activating group) is 1. The highest BCUT2D eigenvalue weighted by Gasteiger charge is 2.46. The van der Waals surface area contributed by atoms with Crippen molar-refractivity contribution < 1.29 is 19.0 Å². The van der Waals surface area contributed by atoms with E-state index in [9.17, 15) is 4.79 Å². The van der Waals surface area contributed by atoms with Crippen LogP contribution in [0.4, 0.5) is 4.79 Å². The van der Waals surface area contributed by atoms with Crippen molar-refractivity contribution in [2.75, 3.05) is 39.9 Å². The van der Waals surface area contributed by atoms with Gasteiger partial charge in [-0.05, 0) is 89.0 Å². The first-order chi connectivity index (χ1) is 17.5. The Kier molecular flexibility index (Phi) is 8.91. The van der Waals surface area contributed by atoms with Gasteiger partial charge in [0.05, 0.1) is 17.9 Å². The number of nitrogens with one attached hydrogen (secondary N) is 1. The standard InChI is InChI=1S/C29H50N4O4/c1-27(2,3)37-26(34)32(6)17-16-30-15-12-24-23(19-33(31-24)25-9-7-8-18-35-25)22-10-13-29(14-11-22)20-28(4,5)21-36-29/h19,22,25,30H,7-18,20-21H2,1-6H3. The van der Waals surface area contributed by atoms with Gasteiger partial charge in [-0.2, -0.15) is 5.10 Å². The van der Waals surface area contributed by atoms with E-state index in [-0.39, 0.29) is 17.9 Å². The van der Waals surface area contributed by atoms with Crippen LogP contribution in [0.1, 0.15) is 109 Å². The molecule has 1 aromatic heterocycles. The van der Waals surface area contributed by atoms with Crippen LogP contribution in [-0.4, -0.2) is 71.9 Å². The molecule has 8 nitrogen and oxygen atoms in total. The molecule has 1 aliphatic carbocycles. The lowest BCUT2D eigenvalue weighted by atomic mass is 9.71. The van der Waals surface area contributed by atoms with E-state index in [0.29, 0.717) is 17.9 Å². The number of nitrogens with zero attached hydrogens (tertiary/aromatic N) is 3. The Bertz CT molecular complexity index is 892. The topological polar surface area (TPSA) is 77.9 Å². The van der Waals surface area contributed by atoms with Crippen molar-refractivity contribution in [2.45, 2.75) is 116 Å². The minimum absolute atomic E-state index is 0.0607. The first kappa shape index (κ1) is 28.4. The maximum Gasteiger partial charge on any atom is 0.410 e. The quantitative estimate of drug-likeness (QED) is 0.463. The average molecular weight is 519 g/mol. The van der Waals surface area contributed by atoms with Gasteiger partial charge < -0.3 is 24.4 Å². The molecule has 1 saturated carbocycles. The van der Waals surface area contributed by atoms with Gasteiger partial charge in [0.2, 0.25) is 0 Å². The fraction of sp³-hybridized carbons (Fsp3) is 0.862. The molecule has 1 atom stereocenters. The summed E-state index contributed by atoms with van der Waals surface area (Å²) in [5.74, 6) is 0.531. The second kappa shape index (κ2) is 11.6. The number of rotatable bonds is 8. The summed E-state index contributed by atoms with van der Waals surface area (Å²) in [5.41, 5.74) is 2.49. The van der Waals surface area contributed by atoms with E-state index in [1.807, 2.05) is 20.8 Å². The van der Waals surface area contributed by atoms with Crippen LogP contribution in [0.25, 0.3) is 0 Å². The lowest BCUT2D eigenvalue weighted by Gasteiger charge is -2.37. The van der Waals surface area contributed by atoms with Gasteiger partial charge in [-0.15, -0.1) is 0 Å². The molecule has 0 radical (unpaired) electrons. The van der Waals surface area contributed by atoms with Gasteiger partial charge in [-0.1, -0.05) is 13.8 Å². The molecule has 37 heavy (non-hydrogen) atoms. The highest BCUT2D eigenvalue weighted by Crippen LogP contribution is 2.50.